The van der Waals surface area contributed by atoms with Crippen LogP contribution >= 0.6 is 0 Å². The maximum Gasteiger partial charge on any atom is 0.293 e. The number of ether oxygens (including phenoxy) is 2. The fourth-order valence-corrected chi connectivity index (χ4v) is 3.42. The monoisotopic (exact) mass is 419 g/mol. The van der Waals surface area contributed by atoms with E-state index in [0.717, 1.165) is 11.0 Å². The maximum atomic E-state index is 12.8. The van der Waals surface area contributed by atoms with Gasteiger partial charge in [0.15, 0.2) is 17.3 Å². The van der Waals surface area contributed by atoms with Gasteiger partial charge in [0.25, 0.3) is 5.91 Å². The van der Waals surface area contributed by atoms with Gasteiger partial charge in [-0.3, -0.25) is 10.1 Å². The number of nitrogens with zero attached hydrogens (tertiary/aromatic N) is 2. The fraction of sp³-hybridized carbons (Fsp3) is 0.250. The quantitative estimate of drug-likeness (QED) is 0.463. The number of imidazole rings is 1. The number of para-hydroxylation sites is 4. The number of nitrogens with one attached hydrogen (secondary N) is 1. The molecule has 0 saturated carbocycles. The van der Waals surface area contributed by atoms with E-state index in [0.29, 0.717) is 23.2 Å². The molecular formula is C24H25N3O4. The number of fused-ring (bicyclic) bond motifs is 1. The van der Waals surface area contributed by atoms with Crippen LogP contribution in [0, 0.1) is 0 Å². The molecular weight excluding hydrogens is 394 g/mol. The van der Waals surface area contributed by atoms with E-state index in [2.05, 4.69) is 31.1 Å². The highest BCUT2D eigenvalue weighted by atomic mass is 16.5. The molecule has 0 fully saturated rings. The molecule has 4 aromatic rings. The number of methoxy groups -OCH3 is 1. The summed E-state index contributed by atoms with van der Waals surface area (Å²) in [6.07, 6.45) is 0. The summed E-state index contributed by atoms with van der Waals surface area (Å²) in [6, 6.07) is 18.5. The summed E-state index contributed by atoms with van der Waals surface area (Å²) in [4.78, 5) is 17.4. The van der Waals surface area contributed by atoms with E-state index in [-0.39, 0.29) is 23.8 Å². The number of carbonyl (C=O) groups is 1. The average molecular weight is 419 g/mol. The number of hydrogen-bond donors (Lipinski definition) is 1. The number of carbonyl (C=O) groups excluding carboxylic acids is 1. The molecule has 1 amide bonds. The molecule has 7 nitrogen and oxygen atoms in total. The van der Waals surface area contributed by atoms with Crippen molar-refractivity contribution < 1.29 is 18.7 Å². The lowest BCUT2D eigenvalue weighted by Crippen LogP contribution is -2.25. The summed E-state index contributed by atoms with van der Waals surface area (Å²) in [5, 5.41) is 2.89. The molecule has 1 N–H and O–H groups in total. The van der Waals surface area contributed by atoms with Crippen molar-refractivity contribution in [2.24, 2.45) is 0 Å². The Morgan fingerprint density at radius 2 is 1.74 bits per heavy atom. The Morgan fingerprint density at radius 1 is 1.03 bits per heavy atom. The van der Waals surface area contributed by atoms with E-state index >= 15 is 0 Å². The van der Waals surface area contributed by atoms with Gasteiger partial charge < -0.3 is 18.5 Å². The van der Waals surface area contributed by atoms with Gasteiger partial charge in [0.2, 0.25) is 5.95 Å². The second-order valence-electron chi connectivity index (χ2n) is 8.09. The van der Waals surface area contributed by atoms with E-state index < -0.39 is 0 Å². The Kier molecular flexibility index (Phi) is 5.42. The number of hydrogen-bond acceptors (Lipinski definition) is 5. The number of rotatable bonds is 6. The number of aromatic nitrogens is 2. The van der Waals surface area contributed by atoms with E-state index in [1.54, 1.807) is 19.2 Å². The summed E-state index contributed by atoms with van der Waals surface area (Å²) in [5.74, 6) is 2.05. The third-order valence-electron chi connectivity index (χ3n) is 4.78. The minimum Gasteiger partial charge on any atom is -0.493 e. The Hall–Kier alpha value is -3.74. The first kappa shape index (κ1) is 20.5. The molecule has 0 atom stereocenters. The third kappa shape index (κ3) is 4.26. The molecule has 0 radical (unpaired) electrons. The van der Waals surface area contributed by atoms with Crippen LogP contribution in [0.1, 0.15) is 37.1 Å². The zero-order valence-electron chi connectivity index (χ0n) is 18.0. The van der Waals surface area contributed by atoms with E-state index in [4.69, 9.17) is 13.9 Å². The lowest BCUT2D eigenvalue weighted by atomic mass is 10.1. The first-order chi connectivity index (χ1) is 14.9. The highest BCUT2D eigenvalue weighted by Crippen LogP contribution is 2.29. The second kappa shape index (κ2) is 8.18. The lowest BCUT2D eigenvalue weighted by molar-refractivity contribution is 0.0991. The van der Waals surface area contributed by atoms with Gasteiger partial charge >= 0.3 is 0 Å². The standard InChI is InChI=1S/C24H25N3O4/c1-24(2,3)27-18-10-6-5-9-17(18)25-23(27)26-22(28)21-14-13-16(31-21)15-30-20-12-8-7-11-19(20)29-4/h5-14H,15H2,1-4H3,(H,25,26,28). The predicted octanol–water partition coefficient (Wildman–Crippen LogP) is 5.22. The van der Waals surface area contributed by atoms with Gasteiger partial charge in [-0.25, -0.2) is 4.98 Å². The first-order valence-corrected chi connectivity index (χ1v) is 10.0. The predicted molar refractivity (Wildman–Crippen MR) is 119 cm³/mol. The topological polar surface area (TPSA) is 78.5 Å². The molecule has 7 heteroatoms. The molecule has 0 aliphatic carbocycles. The summed E-state index contributed by atoms with van der Waals surface area (Å²) >= 11 is 0. The van der Waals surface area contributed by atoms with Gasteiger partial charge in [0.05, 0.1) is 18.1 Å². The Balaban J connectivity index is 1.51. The van der Waals surface area contributed by atoms with E-state index in [1.807, 2.05) is 53.1 Å². The largest absolute Gasteiger partial charge is 0.493 e. The smallest absolute Gasteiger partial charge is 0.293 e. The minimum atomic E-state index is -0.371. The van der Waals surface area contributed by atoms with Gasteiger partial charge in [-0.05, 0) is 57.2 Å². The Morgan fingerprint density at radius 3 is 2.48 bits per heavy atom. The summed E-state index contributed by atoms with van der Waals surface area (Å²) in [6.45, 7) is 6.37. The highest BCUT2D eigenvalue weighted by Gasteiger charge is 2.23. The Labute approximate surface area is 180 Å². The van der Waals surface area contributed by atoms with E-state index in [9.17, 15) is 4.79 Å². The van der Waals surface area contributed by atoms with Crippen LogP contribution in [0.15, 0.2) is 65.1 Å². The number of amides is 1. The molecule has 31 heavy (non-hydrogen) atoms. The van der Waals surface area contributed by atoms with Crippen LogP contribution in [0.4, 0.5) is 5.95 Å². The first-order valence-electron chi connectivity index (χ1n) is 10.0. The molecule has 2 heterocycles. The van der Waals surface area contributed by atoms with Crippen LogP contribution in [-0.2, 0) is 12.1 Å². The Bertz CT molecular complexity index is 1220. The molecule has 160 valence electrons. The van der Waals surface area contributed by atoms with E-state index in [1.165, 1.54) is 0 Å². The highest BCUT2D eigenvalue weighted by molar-refractivity contribution is 6.02. The van der Waals surface area contributed by atoms with Crippen molar-refractivity contribution in [3.63, 3.8) is 0 Å². The van der Waals surface area contributed by atoms with Crippen molar-refractivity contribution in [2.75, 3.05) is 12.4 Å². The number of furan rings is 1. The van der Waals surface area contributed by atoms with Crippen molar-refractivity contribution in [3.8, 4) is 11.5 Å². The molecule has 0 bridgehead atoms. The van der Waals surface area contributed by atoms with Gasteiger partial charge in [-0.1, -0.05) is 24.3 Å². The molecule has 2 aromatic heterocycles. The summed E-state index contributed by atoms with van der Waals surface area (Å²) in [7, 11) is 1.59. The SMILES string of the molecule is COc1ccccc1OCc1ccc(C(=O)Nc2nc3ccccc3n2C(C)(C)C)o1. The molecule has 0 aliphatic rings. The molecule has 0 aliphatic heterocycles. The molecule has 4 rings (SSSR count). The van der Waals surface area contributed by atoms with Crippen LogP contribution in [0.3, 0.4) is 0 Å². The average Bonchev–Trinajstić information content (AvgIpc) is 3.36. The fourth-order valence-electron chi connectivity index (χ4n) is 3.42. The normalized spacial score (nSPS) is 11.5. The third-order valence-corrected chi connectivity index (χ3v) is 4.78. The van der Waals surface area contributed by atoms with Crippen LogP contribution in [0.2, 0.25) is 0 Å². The number of anilines is 1. The van der Waals surface area contributed by atoms with Gasteiger partial charge in [-0.15, -0.1) is 0 Å². The van der Waals surface area contributed by atoms with Crippen LogP contribution in [-0.4, -0.2) is 22.6 Å². The van der Waals surface area contributed by atoms with Crippen molar-refractivity contribution >= 4 is 22.9 Å². The van der Waals surface area contributed by atoms with Crippen molar-refractivity contribution in [2.45, 2.75) is 32.9 Å². The zero-order chi connectivity index (χ0) is 22.0. The number of benzene rings is 2. The minimum absolute atomic E-state index is 0.175. The molecule has 0 saturated heterocycles. The van der Waals surface area contributed by atoms with Crippen LogP contribution in [0.25, 0.3) is 11.0 Å². The summed E-state index contributed by atoms with van der Waals surface area (Å²) in [5.41, 5.74) is 1.50. The molecule has 0 unspecified atom stereocenters. The molecule has 0 spiro atoms. The van der Waals surface area contributed by atoms with Crippen molar-refractivity contribution in [3.05, 3.63) is 72.2 Å². The van der Waals surface area contributed by atoms with Gasteiger partial charge in [0, 0.05) is 5.54 Å². The second-order valence-corrected chi connectivity index (χ2v) is 8.09. The maximum absolute atomic E-state index is 12.8. The lowest BCUT2D eigenvalue weighted by Gasteiger charge is -2.24. The zero-order valence-corrected chi connectivity index (χ0v) is 18.0. The summed E-state index contributed by atoms with van der Waals surface area (Å²) < 4.78 is 18.7. The van der Waals surface area contributed by atoms with Crippen molar-refractivity contribution in [1.82, 2.24) is 9.55 Å². The van der Waals surface area contributed by atoms with Gasteiger partial charge in [-0.2, -0.15) is 0 Å². The van der Waals surface area contributed by atoms with Crippen LogP contribution in [0.5, 0.6) is 11.5 Å². The van der Waals surface area contributed by atoms with Crippen molar-refractivity contribution in [1.29, 1.82) is 0 Å². The van der Waals surface area contributed by atoms with Crippen LogP contribution < -0.4 is 14.8 Å². The molecule has 2 aromatic carbocycles. The van der Waals surface area contributed by atoms with Gasteiger partial charge in [0.1, 0.15) is 12.4 Å².